The van der Waals surface area contributed by atoms with Crippen LogP contribution in [0.5, 0.6) is 0 Å². The number of hydrogen-bond acceptors (Lipinski definition) is 4. The summed E-state index contributed by atoms with van der Waals surface area (Å²) >= 11 is 0. The van der Waals surface area contributed by atoms with Crippen LogP contribution < -0.4 is 0 Å². The van der Waals surface area contributed by atoms with Crippen molar-refractivity contribution in [1.29, 1.82) is 0 Å². The SMILES string of the molecule is OC1C2CCN(CC2)C1(O)Cc1cccnc1. The average molecular weight is 234 g/mol. The van der Waals surface area contributed by atoms with Gasteiger partial charge < -0.3 is 10.2 Å². The second kappa shape index (κ2) is 4.05. The van der Waals surface area contributed by atoms with Crippen molar-refractivity contribution in [2.45, 2.75) is 31.1 Å². The Kier molecular flexibility index (Phi) is 2.65. The molecule has 0 amide bonds. The third kappa shape index (κ3) is 1.76. The monoisotopic (exact) mass is 234 g/mol. The molecular weight excluding hydrogens is 216 g/mol. The van der Waals surface area contributed by atoms with Crippen LogP contribution in [0.4, 0.5) is 0 Å². The Hall–Kier alpha value is -0.970. The van der Waals surface area contributed by atoms with Gasteiger partial charge in [0.1, 0.15) is 5.72 Å². The highest BCUT2D eigenvalue weighted by molar-refractivity contribution is 5.14. The molecule has 4 heteroatoms. The van der Waals surface area contributed by atoms with Gasteiger partial charge in [0, 0.05) is 31.9 Å². The molecule has 0 spiro atoms. The fraction of sp³-hybridized carbons (Fsp3) is 0.615. The first kappa shape index (κ1) is 11.1. The first-order valence-electron chi connectivity index (χ1n) is 6.24. The van der Waals surface area contributed by atoms with E-state index in [1.807, 2.05) is 17.0 Å². The lowest BCUT2D eigenvalue weighted by Crippen LogP contribution is -2.68. The number of piperidine rings is 3. The van der Waals surface area contributed by atoms with Gasteiger partial charge in [-0.05, 0) is 30.4 Å². The molecule has 3 saturated heterocycles. The van der Waals surface area contributed by atoms with Crippen molar-refractivity contribution in [1.82, 2.24) is 9.88 Å². The van der Waals surface area contributed by atoms with E-state index in [-0.39, 0.29) is 5.92 Å². The second-order valence-electron chi connectivity index (χ2n) is 5.19. The van der Waals surface area contributed by atoms with Gasteiger partial charge >= 0.3 is 0 Å². The van der Waals surface area contributed by atoms with Gasteiger partial charge in [0.05, 0.1) is 6.10 Å². The lowest BCUT2D eigenvalue weighted by Gasteiger charge is -2.54. The lowest BCUT2D eigenvalue weighted by molar-refractivity contribution is -0.242. The number of aliphatic hydroxyl groups excluding tert-OH is 1. The van der Waals surface area contributed by atoms with Crippen molar-refractivity contribution < 1.29 is 10.2 Å². The van der Waals surface area contributed by atoms with Gasteiger partial charge in [0.2, 0.25) is 0 Å². The van der Waals surface area contributed by atoms with E-state index in [1.165, 1.54) is 0 Å². The predicted molar refractivity (Wildman–Crippen MR) is 63.2 cm³/mol. The number of aromatic nitrogens is 1. The van der Waals surface area contributed by atoms with Crippen molar-refractivity contribution in [3.8, 4) is 0 Å². The Morgan fingerprint density at radius 1 is 1.41 bits per heavy atom. The van der Waals surface area contributed by atoms with Crippen LogP contribution in [0.25, 0.3) is 0 Å². The maximum Gasteiger partial charge on any atom is 0.148 e. The Bertz CT molecular complexity index is 386. The summed E-state index contributed by atoms with van der Waals surface area (Å²) in [6.45, 7) is 1.77. The summed E-state index contributed by atoms with van der Waals surface area (Å²) in [5.41, 5.74) is -0.119. The molecule has 0 aromatic carbocycles. The zero-order chi connectivity index (χ0) is 11.9. The van der Waals surface area contributed by atoms with Gasteiger partial charge in [-0.25, -0.2) is 0 Å². The highest BCUT2D eigenvalue weighted by Gasteiger charge is 2.51. The molecule has 3 aliphatic heterocycles. The van der Waals surface area contributed by atoms with Crippen LogP contribution >= 0.6 is 0 Å². The van der Waals surface area contributed by atoms with E-state index in [0.29, 0.717) is 6.42 Å². The van der Waals surface area contributed by atoms with Crippen molar-refractivity contribution in [3.05, 3.63) is 30.1 Å². The van der Waals surface area contributed by atoms with Crippen LogP contribution in [0.3, 0.4) is 0 Å². The first-order valence-corrected chi connectivity index (χ1v) is 6.24. The minimum absolute atomic E-state index is 0.252. The quantitative estimate of drug-likeness (QED) is 0.777. The fourth-order valence-electron chi connectivity index (χ4n) is 3.19. The number of fused-ring (bicyclic) bond motifs is 3. The molecular formula is C13H18N2O2. The van der Waals surface area contributed by atoms with E-state index >= 15 is 0 Å². The summed E-state index contributed by atoms with van der Waals surface area (Å²) in [4.78, 5) is 6.08. The molecule has 4 rings (SSSR count). The molecule has 3 fully saturated rings. The molecule has 0 saturated carbocycles. The largest absolute Gasteiger partial charge is 0.388 e. The standard InChI is InChI=1S/C13H18N2O2/c16-12-11-3-6-15(7-4-11)13(12,17)8-10-2-1-5-14-9-10/h1-2,5,9,11-12,16-17H,3-4,6-8H2. The Morgan fingerprint density at radius 2 is 2.18 bits per heavy atom. The van der Waals surface area contributed by atoms with Gasteiger partial charge in [-0.1, -0.05) is 6.07 Å². The normalized spacial score (nSPS) is 40.5. The third-order valence-electron chi connectivity index (χ3n) is 4.19. The molecule has 2 N–H and O–H groups in total. The van der Waals surface area contributed by atoms with Gasteiger partial charge in [-0.15, -0.1) is 0 Å². The zero-order valence-electron chi connectivity index (χ0n) is 9.79. The summed E-state index contributed by atoms with van der Waals surface area (Å²) < 4.78 is 0. The maximum absolute atomic E-state index is 10.7. The predicted octanol–water partition coefficient (Wildman–Crippen LogP) is 0.399. The first-order chi connectivity index (χ1) is 8.20. The van der Waals surface area contributed by atoms with E-state index in [9.17, 15) is 10.2 Å². The smallest absolute Gasteiger partial charge is 0.148 e. The molecule has 2 atom stereocenters. The van der Waals surface area contributed by atoms with Crippen LogP contribution in [-0.4, -0.2) is 45.0 Å². The van der Waals surface area contributed by atoms with Crippen LogP contribution in [0.1, 0.15) is 18.4 Å². The van der Waals surface area contributed by atoms with Crippen LogP contribution in [0.2, 0.25) is 0 Å². The highest BCUT2D eigenvalue weighted by atomic mass is 16.4. The molecule has 1 aromatic rings. The summed E-state index contributed by atoms with van der Waals surface area (Å²) in [7, 11) is 0. The number of pyridine rings is 1. The minimum atomic E-state index is -1.09. The number of aliphatic hydroxyl groups is 2. The summed E-state index contributed by atoms with van der Waals surface area (Å²) in [5.74, 6) is 0.252. The Balaban J connectivity index is 1.85. The molecule has 17 heavy (non-hydrogen) atoms. The van der Waals surface area contributed by atoms with E-state index in [1.54, 1.807) is 12.4 Å². The van der Waals surface area contributed by atoms with Gasteiger partial charge in [0.25, 0.3) is 0 Å². The van der Waals surface area contributed by atoms with Crippen LogP contribution in [0, 0.1) is 5.92 Å². The van der Waals surface area contributed by atoms with Crippen molar-refractivity contribution >= 4 is 0 Å². The molecule has 2 unspecified atom stereocenters. The van der Waals surface area contributed by atoms with Crippen molar-refractivity contribution in [2.24, 2.45) is 5.92 Å². The highest BCUT2D eigenvalue weighted by Crippen LogP contribution is 2.39. The minimum Gasteiger partial charge on any atom is -0.388 e. The summed E-state index contributed by atoms with van der Waals surface area (Å²) in [5, 5.41) is 21.0. The number of rotatable bonds is 2. The topological polar surface area (TPSA) is 56.6 Å². The number of nitrogens with zero attached hydrogens (tertiary/aromatic N) is 2. The maximum atomic E-state index is 10.7. The van der Waals surface area contributed by atoms with E-state index in [2.05, 4.69) is 4.98 Å². The molecule has 3 aliphatic rings. The van der Waals surface area contributed by atoms with Gasteiger partial charge in [0.15, 0.2) is 0 Å². The van der Waals surface area contributed by atoms with Gasteiger partial charge in [-0.3, -0.25) is 9.88 Å². The van der Waals surface area contributed by atoms with Crippen molar-refractivity contribution in [3.63, 3.8) is 0 Å². The summed E-state index contributed by atoms with van der Waals surface area (Å²) in [6.07, 6.45) is 5.29. The van der Waals surface area contributed by atoms with Crippen molar-refractivity contribution in [2.75, 3.05) is 13.1 Å². The van der Waals surface area contributed by atoms with Crippen LogP contribution in [-0.2, 0) is 6.42 Å². The molecule has 4 nitrogen and oxygen atoms in total. The molecule has 1 aromatic heterocycles. The van der Waals surface area contributed by atoms with E-state index < -0.39 is 11.8 Å². The number of hydrogen-bond donors (Lipinski definition) is 2. The fourth-order valence-corrected chi connectivity index (χ4v) is 3.19. The lowest BCUT2D eigenvalue weighted by atomic mass is 9.76. The van der Waals surface area contributed by atoms with Gasteiger partial charge in [-0.2, -0.15) is 0 Å². The van der Waals surface area contributed by atoms with Crippen LogP contribution in [0.15, 0.2) is 24.5 Å². The van der Waals surface area contributed by atoms with E-state index in [0.717, 1.165) is 31.5 Å². The Labute approximate surface area is 101 Å². The zero-order valence-corrected chi connectivity index (χ0v) is 9.79. The second-order valence-corrected chi connectivity index (χ2v) is 5.19. The molecule has 92 valence electrons. The molecule has 0 aliphatic carbocycles. The molecule has 2 bridgehead atoms. The third-order valence-corrected chi connectivity index (χ3v) is 4.19. The Morgan fingerprint density at radius 3 is 2.76 bits per heavy atom. The summed E-state index contributed by atoms with van der Waals surface area (Å²) in [6, 6.07) is 3.81. The average Bonchev–Trinajstić information content (AvgIpc) is 2.37. The molecule has 0 radical (unpaired) electrons. The molecule has 4 heterocycles. The van der Waals surface area contributed by atoms with E-state index in [4.69, 9.17) is 0 Å².